The van der Waals surface area contributed by atoms with Gasteiger partial charge in [-0.3, -0.25) is 4.79 Å². The van der Waals surface area contributed by atoms with E-state index >= 15 is 0 Å². The highest BCUT2D eigenvalue weighted by molar-refractivity contribution is 6.02. The Bertz CT molecular complexity index is 1010. The number of fused-ring (bicyclic) bond motifs is 1. The molecular formula is C21H21N3O4. The SMILES string of the molecule is Cc1ccc(C)c(OCn2ccc(C(=O)Nc3ccc4c(c3)OCCO4)n2)c1. The predicted octanol–water partition coefficient (Wildman–Crippen LogP) is 3.56. The molecule has 0 atom stereocenters. The molecule has 2 heterocycles. The van der Waals surface area contributed by atoms with Crippen LogP contribution in [0.2, 0.25) is 0 Å². The Morgan fingerprint density at radius 2 is 1.93 bits per heavy atom. The van der Waals surface area contributed by atoms with Crippen LogP contribution >= 0.6 is 0 Å². The molecule has 0 fully saturated rings. The maximum Gasteiger partial charge on any atom is 0.276 e. The minimum absolute atomic E-state index is 0.224. The lowest BCUT2D eigenvalue weighted by Gasteiger charge is -2.18. The fourth-order valence-corrected chi connectivity index (χ4v) is 2.87. The van der Waals surface area contributed by atoms with Crippen LogP contribution in [0.15, 0.2) is 48.7 Å². The first-order valence-corrected chi connectivity index (χ1v) is 9.03. The zero-order chi connectivity index (χ0) is 19.5. The third-order valence-corrected chi connectivity index (χ3v) is 4.37. The van der Waals surface area contributed by atoms with Crippen LogP contribution in [-0.4, -0.2) is 28.9 Å². The van der Waals surface area contributed by atoms with Gasteiger partial charge in [0.2, 0.25) is 0 Å². The number of carbonyl (C=O) groups is 1. The van der Waals surface area contributed by atoms with Gasteiger partial charge >= 0.3 is 0 Å². The molecule has 28 heavy (non-hydrogen) atoms. The number of ether oxygens (including phenoxy) is 3. The van der Waals surface area contributed by atoms with Crippen LogP contribution in [0.1, 0.15) is 21.6 Å². The summed E-state index contributed by atoms with van der Waals surface area (Å²) in [6.07, 6.45) is 1.71. The minimum atomic E-state index is -0.304. The number of amides is 1. The highest BCUT2D eigenvalue weighted by atomic mass is 16.6. The van der Waals surface area contributed by atoms with Crippen molar-refractivity contribution in [1.29, 1.82) is 0 Å². The maximum absolute atomic E-state index is 12.5. The molecule has 3 aromatic rings. The number of aromatic nitrogens is 2. The lowest BCUT2D eigenvalue weighted by Crippen LogP contribution is -2.17. The highest BCUT2D eigenvalue weighted by Gasteiger charge is 2.15. The second-order valence-electron chi connectivity index (χ2n) is 6.60. The quantitative estimate of drug-likeness (QED) is 0.734. The molecule has 1 aromatic heterocycles. The second kappa shape index (κ2) is 7.64. The van der Waals surface area contributed by atoms with Crippen LogP contribution in [0.4, 0.5) is 5.69 Å². The number of anilines is 1. The summed E-state index contributed by atoms with van der Waals surface area (Å²) in [4.78, 5) is 12.5. The Labute approximate surface area is 162 Å². The zero-order valence-corrected chi connectivity index (χ0v) is 15.8. The Kier molecular flexibility index (Phi) is 4.89. The fraction of sp³-hybridized carbons (Fsp3) is 0.238. The Hall–Kier alpha value is -3.48. The molecule has 144 valence electrons. The van der Waals surface area contributed by atoms with E-state index in [-0.39, 0.29) is 12.6 Å². The topological polar surface area (TPSA) is 74.6 Å². The molecule has 0 aliphatic carbocycles. The number of nitrogens with one attached hydrogen (secondary N) is 1. The van der Waals surface area contributed by atoms with Crippen molar-refractivity contribution in [2.45, 2.75) is 20.6 Å². The Morgan fingerprint density at radius 3 is 2.79 bits per heavy atom. The van der Waals surface area contributed by atoms with Crippen LogP contribution < -0.4 is 19.5 Å². The molecule has 1 N–H and O–H groups in total. The minimum Gasteiger partial charge on any atom is -0.486 e. The van der Waals surface area contributed by atoms with Crippen LogP contribution in [0, 0.1) is 13.8 Å². The van der Waals surface area contributed by atoms with Gasteiger partial charge in [0.05, 0.1) is 0 Å². The van der Waals surface area contributed by atoms with Gasteiger partial charge in [0, 0.05) is 18.0 Å². The standard InChI is InChI=1S/C21H21N3O4/c1-14-3-4-15(2)19(11-14)28-13-24-8-7-17(23-24)21(25)22-16-5-6-18-20(12-16)27-10-9-26-18/h3-8,11-12H,9-10,13H2,1-2H3,(H,22,25). The number of hydrogen-bond donors (Lipinski definition) is 1. The number of hydrogen-bond acceptors (Lipinski definition) is 5. The molecule has 2 aromatic carbocycles. The Morgan fingerprint density at radius 1 is 1.11 bits per heavy atom. The average Bonchev–Trinajstić information content (AvgIpc) is 3.18. The molecule has 0 unspecified atom stereocenters. The first-order chi connectivity index (χ1) is 13.6. The largest absolute Gasteiger partial charge is 0.486 e. The van der Waals surface area contributed by atoms with Gasteiger partial charge in [-0.1, -0.05) is 12.1 Å². The summed E-state index contributed by atoms with van der Waals surface area (Å²) in [5.74, 6) is 1.80. The van der Waals surface area contributed by atoms with E-state index in [4.69, 9.17) is 14.2 Å². The smallest absolute Gasteiger partial charge is 0.276 e. The molecule has 1 aliphatic rings. The monoisotopic (exact) mass is 379 g/mol. The molecule has 1 amide bonds. The molecular weight excluding hydrogens is 358 g/mol. The van der Waals surface area contributed by atoms with Crippen LogP contribution in [0.5, 0.6) is 17.2 Å². The average molecular weight is 379 g/mol. The lowest BCUT2D eigenvalue weighted by molar-refractivity contribution is 0.102. The van der Waals surface area contributed by atoms with Gasteiger partial charge in [-0.2, -0.15) is 5.10 Å². The van der Waals surface area contributed by atoms with Crippen molar-refractivity contribution in [2.24, 2.45) is 0 Å². The molecule has 7 nitrogen and oxygen atoms in total. The van der Waals surface area contributed by atoms with Gasteiger partial charge in [0.25, 0.3) is 5.91 Å². The number of carbonyl (C=O) groups excluding carboxylic acids is 1. The van der Waals surface area contributed by atoms with E-state index in [1.54, 1.807) is 35.1 Å². The van der Waals surface area contributed by atoms with Crippen molar-refractivity contribution in [3.05, 3.63) is 65.5 Å². The van der Waals surface area contributed by atoms with Crippen molar-refractivity contribution in [3.63, 3.8) is 0 Å². The molecule has 0 saturated carbocycles. The summed E-state index contributed by atoms with van der Waals surface area (Å²) >= 11 is 0. The molecule has 0 bridgehead atoms. The van der Waals surface area contributed by atoms with Crippen molar-refractivity contribution in [2.75, 3.05) is 18.5 Å². The van der Waals surface area contributed by atoms with E-state index in [1.165, 1.54) is 0 Å². The molecule has 1 aliphatic heterocycles. The van der Waals surface area contributed by atoms with E-state index < -0.39 is 0 Å². The van der Waals surface area contributed by atoms with Gasteiger partial charge in [0.15, 0.2) is 23.9 Å². The van der Waals surface area contributed by atoms with Crippen molar-refractivity contribution < 1.29 is 19.0 Å². The highest BCUT2D eigenvalue weighted by Crippen LogP contribution is 2.32. The van der Waals surface area contributed by atoms with E-state index in [9.17, 15) is 4.79 Å². The molecule has 0 spiro atoms. The molecule has 0 saturated heterocycles. The zero-order valence-electron chi connectivity index (χ0n) is 15.8. The van der Waals surface area contributed by atoms with E-state index in [1.807, 2.05) is 32.0 Å². The summed E-state index contributed by atoms with van der Waals surface area (Å²) in [5, 5.41) is 7.11. The summed E-state index contributed by atoms with van der Waals surface area (Å²) < 4.78 is 18.4. The van der Waals surface area contributed by atoms with Gasteiger partial charge in [0.1, 0.15) is 19.0 Å². The normalized spacial score (nSPS) is 12.5. The van der Waals surface area contributed by atoms with Crippen LogP contribution in [-0.2, 0) is 6.73 Å². The number of benzene rings is 2. The summed E-state index contributed by atoms with van der Waals surface area (Å²) in [7, 11) is 0. The Balaban J connectivity index is 1.39. The molecule has 4 rings (SSSR count). The first-order valence-electron chi connectivity index (χ1n) is 9.03. The van der Waals surface area contributed by atoms with Crippen molar-refractivity contribution >= 4 is 11.6 Å². The summed E-state index contributed by atoms with van der Waals surface area (Å²) in [6, 6.07) is 13.0. The third kappa shape index (κ3) is 3.93. The van der Waals surface area contributed by atoms with Crippen molar-refractivity contribution in [3.8, 4) is 17.2 Å². The van der Waals surface area contributed by atoms with Crippen LogP contribution in [0.25, 0.3) is 0 Å². The predicted molar refractivity (Wildman–Crippen MR) is 104 cm³/mol. The van der Waals surface area contributed by atoms with E-state index in [0.717, 1.165) is 16.9 Å². The lowest BCUT2D eigenvalue weighted by atomic mass is 10.1. The summed E-state index contributed by atoms with van der Waals surface area (Å²) in [5.41, 5.74) is 3.10. The van der Waals surface area contributed by atoms with Gasteiger partial charge in [-0.25, -0.2) is 4.68 Å². The van der Waals surface area contributed by atoms with Gasteiger partial charge in [-0.15, -0.1) is 0 Å². The molecule has 7 heteroatoms. The maximum atomic E-state index is 12.5. The van der Waals surface area contributed by atoms with E-state index in [0.29, 0.717) is 36.1 Å². The summed E-state index contributed by atoms with van der Waals surface area (Å²) in [6.45, 7) is 5.25. The van der Waals surface area contributed by atoms with Crippen LogP contribution in [0.3, 0.4) is 0 Å². The first kappa shape index (κ1) is 17.9. The number of aryl methyl sites for hydroxylation is 2. The fourth-order valence-electron chi connectivity index (χ4n) is 2.87. The number of rotatable bonds is 5. The van der Waals surface area contributed by atoms with Gasteiger partial charge < -0.3 is 19.5 Å². The molecule has 0 radical (unpaired) electrons. The second-order valence-corrected chi connectivity index (χ2v) is 6.60. The number of nitrogens with zero attached hydrogens (tertiary/aromatic N) is 2. The van der Waals surface area contributed by atoms with Crippen molar-refractivity contribution in [1.82, 2.24) is 9.78 Å². The van der Waals surface area contributed by atoms with Gasteiger partial charge in [-0.05, 0) is 49.2 Å². The third-order valence-electron chi connectivity index (χ3n) is 4.37. The van der Waals surface area contributed by atoms with E-state index in [2.05, 4.69) is 10.4 Å².